The third kappa shape index (κ3) is 2.37. The molecule has 1 fully saturated rings. The maximum atomic E-state index is 12.2. The van der Waals surface area contributed by atoms with Gasteiger partial charge in [-0.15, -0.1) is 0 Å². The van der Waals surface area contributed by atoms with E-state index in [-0.39, 0.29) is 5.91 Å². The lowest BCUT2D eigenvalue weighted by atomic mass is 10.1. The number of nitrogens with zero attached hydrogens (tertiary/aromatic N) is 2. The molecule has 0 aliphatic carbocycles. The van der Waals surface area contributed by atoms with Crippen LogP contribution in [0.3, 0.4) is 0 Å². The SMILES string of the molecule is CCc1ccc2c(ccn2CC(=O)N2CCCC2)c1. The highest BCUT2D eigenvalue weighted by Crippen LogP contribution is 2.19. The normalized spacial score (nSPS) is 15.3. The van der Waals surface area contributed by atoms with E-state index in [4.69, 9.17) is 0 Å². The number of amides is 1. The Morgan fingerprint density at radius 1 is 1.21 bits per heavy atom. The van der Waals surface area contributed by atoms with Gasteiger partial charge < -0.3 is 9.47 Å². The molecular weight excluding hydrogens is 236 g/mol. The van der Waals surface area contributed by atoms with E-state index in [1.54, 1.807) is 0 Å². The van der Waals surface area contributed by atoms with Crippen molar-refractivity contribution in [3.05, 3.63) is 36.0 Å². The molecule has 3 rings (SSSR count). The van der Waals surface area contributed by atoms with Crippen molar-refractivity contribution in [1.82, 2.24) is 9.47 Å². The third-order valence-corrected chi connectivity index (χ3v) is 4.01. The highest BCUT2D eigenvalue weighted by molar-refractivity contribution is 5.84. The van der Waals surface area contributed by atoms with Gasteiger partial charge in [0, 0.05) is 24.8 Å². The Labute approximate surface area is 113 Å². The zero-order valence-corrected chi connectivity index (χ0v) is 11.4. The van der Waals surface area contributed by atoms with Crippen molar-refractivity contribution < 1.29 is 4.79 Å². The van der Waals surface area contributed by atoms with E-state index in [0.717, 1.165) is 37.9 Å². The Bertz CT molecular complexity index is 594. The van der Waals surface area contributed by atoms with Gasteiger partial charge in [0.25, 0.3) is 0 Å². The van der Waals surface area contributed by atoms with Crippen LogP contribution in [-0.2, 0) is 17.8 Å². The Morgan fingerprint density at radius 3 is 2.74 bits per heavy atom. The first-order valence-corrected chi connectivity index (χ1v) is 7.13. The van der Waals surface area contributed by atoms with Crippen LogP contribution in [0.4, 0.5) is 0 Å². The highest BCUT2D eigenvalue weighted by Gasteiger charge is 2.18. The molecule has 1 aromatic carbocycles. The van der Waals surface area contributed by atoms with Crippen LogP contribution in [0, 0.1) is 0 Å². The molecule has 0 spiro atoms. The van der Waals surface area contributed by atoms with E-state index in [1.165, 1.54) is 10.9 Å². The molecule has 19 heavy (non-hydrogen) atoms. The van der Waals surface area contributed by atoms with E-state index in [1.807, 2.05) is 11.1 Å². The van der Waals surface area contributed by atoms with Gasteiger partial charge in [0.15, 0.2) is 0 Å². The number of aromatic nitrogens is 1. The average molecular weight is 256 g/mol. The van der Waals surface area contributed by atoms with Gasteiger partial charge in [-0.25, -0.2) is 0 Å². The molecule has 2 aromatic rings. The summed E-state index contributed by atoms with van der Waals surface area (Å²) in [5, 5.41) is 1.23. The minimum atomic E-state index is 0.245. The Hall–Kier alpha value is -1.77. The zero-order chi connectivity index (χ0) is 13.2. The quantitative estimate of drug-likeness (QED) is 0.829. The summed E-state index contributed by atoms with van der Waals surface area (Å²) in [6, 6.07) is 8.60. The Morgan fingerprint density at radius 2 is 2.00 bits per heavy atom. The van der Waals surface area contributed by atoms with Gasteiger partial charge in [-0.3, -0.25) is 4.79 Å². The molecule has 100 valence electrons. The number of benzene rings is 1. The van der Waals surface area contributed by atoms with Crippen LogP contribution in [-0.4, -0.2) is 28.5 Å². The molecule has 0 unspecified atom stereocenters. The molecule has 3 nitrogen and oxygen atoms in total. The van der Waals surface area contributed by atoms with Crippen molar-refractivity contribution in [2.24, 2.45) is 0 Å². The van der Waals surface area contributed by atoms with Gasteiger partial charge in [0.05, 0.1) is 0 Å². The number of aryl methyl sites for hydroxylation is 1. The topological polar surface area (TPSA) is 25.2 Å². The predicted molar refractivity (Wildman–Crippen MR) is 77.1 cm³/mol. The minimum Gasteiger partial charge on any atom is -0.341 e. The molecule has 1 amide bonds. The van der Waals surface area contributed by atoms with Gasteiger partial charge in [-0.05, 0) is 48.4 Å². The first-order chi connectivity index (χ1) is 9.28. The van der Waals surface area contributed by atoms with Gasteiger partial charge >= 0.3 is 0 Å². The summed E-state index contributed by atoms with van der Waals surface area (Å²) in [6.07, 6.45) is 5.38. The Kier molecular flexibility index (Phi) is 3.28. The van der Waals surface area contributed by atoms with Gasteiger partial charge in [-0.2, -0.15) is 0 Å². The van der Waals surface area contributed by atoms with Crippen LogP contribution < -0.4 is 0 Å². The molecule has 0 atom stereocenters. The number of fused-ring (bicyclic) bond motifs is 1. The van der Waals surface area contributed by atoms with E-state index in [2.05, 4.69) is 35.8 Å². The first kappa shape index (κ1) is 12.3. The number of hydrogen-bond donors (Lipinski definition) is 0. The maximum absolute atomic E-state index is 12.2. The fourth-order valence-corrected chi connectivity index (χ4v) is 2.82. The molecule has 1 saturated heterocycles. The van der Waals surface area contributed by atoms with E-state index >= 15 is 0 Å². The van der Waals surface area contributed by atoms with Crippen molar-refractivity contribution in [2.45, 2.75) is 32.7 Å². The van der Waals surface area contributed by atoms with Crippen LogP contribution in [0.25, 0.3) is 10.9 Å². The summed E-state index contributed by atoms with van der Waals surface area (Å²) in [5.74, 6) is 0.245. The monoisotopic (exact) mass is 256 g/mol. The van der Waals surface area contributed by atoms with E-state index in [0.29, 0.717) is 6.54 Å². The lowest BCUT2D eigenvalue weighted by molar-refractivity contribution is -0.130. The van der Waals surface area contributed by atoms with Crippen molar-refractivity contribution in [3.63, 3.8) is 0 Å². The van der Waals surface area contributed by atoms with Crippen molar-refractivity contribution in [1.29, 1.82) is 0 Å². The summed E-state index contributed by atoms with van der Waals surface area (Å²) >= 11 is 0. The molecule has 0 radical (unpaired) electrons. The second kappa shape index (κ2) is 5.08. The summed E-state index contributed by atoms with van der Waals surface area (Å²) in [7, 11) is 0. The Balaban J connectivity index is 1.82. The average Bonchev–Trinajstić information content (AvgIpc) is 3.08. The fourth-order valence-electron chi connectivity index (χ4n) is 2.82. The van der Waals surface area contributed by atoms with E-state index < -0.39 is 0 Å². The smallest absolute Gasteiger partial charge is 0.242 e. The fraction of sp³-hybridized carbons (Fsp3) is 0.438. The molecule has 1 aliphatic rings. The molecule has 0 saturated carbocycles. The zero-order valence-electron chi connectivity index (χ0n) is 11.4. The van der Waals surface area contributed by atoms with Crippen LogP contribution in [0.15, 0.2) is 30.5 Å². The van der Waals surface area contributed by atoms with Crippen LogP contribution in [0.2, 0.25) is 0 Å². The van der Waals surface area contributed by atoms with Gasteiger partial charge in [-0.1, -0.05) is 13.0 Å². The largest absolute Gasteiger partial charge is 0.341 e. The van der Waals surface area contributed by atoms with Crippen LogP contribution in [0.5, 0.6) is 0 Å². The van der Waals surface area contributed by atoms with Crippen molar-refractivity contribution in [2.75, 3.05) is 13.1 Å². The molecule has 0 N–H and O–H groups in total. The number of carbonyl (C=O) groups is 1. The van der Waals surface area contributed by atoms with Crippen molar-refractivity contribution >= 4 is 16.8 Å². The first-order valence-electron chi connectivity index (χ1n) is 7.13. The number of hydrogen-bond acceptors (Lipinski definition) is 1. The van der Waals surface area contributed by atoms with Crippen molar-refractivity contribution in [3.8, 4) is 0 Å². The molecule has 1 aromatic heterocycles. The lowest BCUT2D eigenvalue weighted by Crippen LogP contribution is -2.30. The number of likely N-dealkylation sites (tertiary alicyclic amines) is 1. The lowest BCUT2D eigenvalue weighted by Gasteiger charge is -2.16. The molecule has 0 bridgehead atoms. The van der Waals surface area contributed by atoms with Crippen LogP contribution in [0.1, 0.15) is 25.3 Å². The van der Waals surface area contributed by atoms with Gasteiger partial charge in [0.1, 0.15) is 6.54 Å². The summed E-state index contributed by atoms with van der Waals surface area (Å²) in [5.41, 5.74) is 2.50. The minimum absolute atomic E-state index is 0.245. The summed E-state index contributed by atoms with van der Waals surface area (Å²) in [4.78, 5) is 14.2. The molecule has 3 heteroatoms. The van der Waals surface area contributed by atoms with E-state index in [9.17, 15) is 4.79 Å². The second-order valence-corrected chi connectivity index (χ2v) is 5.28. The summed E-state index contributed by atoms with van der Waals surface area (Å²) < 4.78 is 2.06. The second-order valence-electron chi connectivity index (χ2n) is 5.28. The highest BCUT2D eigenvalue weighted by atomic mass is 16.2. The standard InChI is InChI=1S/C16H20N2O/c1-2-13-5-6-15-14(11-13)7-10-18(15)12-16(19)17-8-3-4-9-17/h5-7,10-11H,2-4,8-9,12H2,1H3. The summed E-state index contributed by atoms with van der Waals surface area (Å²) in [6.45, 7) is 4.49. The van der Waals surface area contributed by atoms with Crippen LogP contribution >= 0.6 is 0 Å². The predicted octanol–water partition coefficient (Wildman–Crippen LogP) is 2.83. The number of carbonyl (C=O) groups excluding carboxylic acids is 1. The molecule has 1 aliphatic heterocycles. The molecular formula is C16H20N2O. The van der Waals surface area contributed by atoms with Gasteiger partial charge in [0.2, 0.25) is 5.91 Å². The molecule has 2 heterocycles. The number of rotatable bonds is 3. The maximum Gasteiger partial charge on any atom is 0.242 e. The third-order valence-electron chi connectivity index (χ3n) is 4.01.